The van der Waals surface area contributed by atoms with Crippen LogP contribution in [0.15, 0.2) is 10.7 Å². The zero-order chi connectivity index (χ0) is 9.31. The summed E-state index contributed by atoms with van der Waals surface area (Å²) in [6.45, 7) is 2.67. The molecule has 2 rings (SSSR count). The lowest BCUT2D eigenvalue weighted by Crippen LogP contribution is -2.21. The van der Waals surface area contributed by atoms with Gasteiger partial charge in [0.05, 0.1) is 11.1 Å². The highest BCUT2D eigenvalue weighted by Crippen LogP contribution is 2.37. The van der Waals surface area contributed by atoms with Gasteiger partial charge >= 0.3 is 0 Å². The molecule has 72 valence electrons. The van der Waals surface area contributed by atoms with Crippen molar-refractivity contribution in [3.8, 4) is 0 Å². The number of rotatable bonds is 2. The number of oxazole rings is 1. The molecule has 1 aromatic rings. The highest BCUT2D eigenvalue weighted by atomic mass is 32.2. The van der Waals surface area contributed by atoms with Crippen LogP contribution in [0.1, 0.15) is 24.9 Å². The Morgan fingerprint density at radius 3 is 3.15 bits per heavy atom. The maximum atomic E-state index is 5.48. The summed E-state index contributed by atoms with van der Waals surface area (Å²) in [5, 5.41) is 0. The van der Waals surface area contributed by atoms with E-state index in [-0.39, 0.29) is 5.41 Å². The highest BCUT2D eigenvalue weighted by molar-refractivity contribution is 7.99. The minimum Gasteiger partial charge on any atom is -0.448 e. The van der Waals surface area contributed by atoms with E-state index >= 15 is 0 Å². The van der Waals surface area contributed by atoms with Crippen LogP contribution >= 0.6 is 11.8 Å². The Labute approximate surface area is 82.1 Å². The second-order valence-electron chi connectivity index (χ2n) is 3.71. The SMILES string of the molecule is CC1(c2nc(CN)co2)CCSC1. The van der Waals surface area contributed by atoms with Crippen LogP contribution in [0.3, 0.4) is 0 Å². The molecule has 0 bridgehead atoms. The molecule has 1 aliphatic rings. The van der Waals surface area contributed by atoms with E-state index in [2.05, 4.69) is 11.9 Å². The van der Waals surface area contributed by atoms with Crippen molar-refractivity contribution in [2.45, 2.75) is 25.3 Å². The fourth-order valence-corrected chi connectivity index (χ4v) is 2.97. The molecule has 0 aliphatic carbocycles. The largest absolute Gasteiger partial charge is 0.448 e. The van der Waals surface area contributed by atoms with Gasteiger partial charge in [-0.1, -0.05) is 6.92 Å². The average molecular weight is 198 g/mol. The topological polar surface area (TPSA) is 52.0 Å². The third-order valence-corrected chi connectivity index (χ3v) is 3.83. The lowest BCUT2D eigenvalue weighted by molar-refractivity contribution is 0.375. The first-order valence-electron chi connectivity index (χ1n) is 4.47. The molecule has 0 radical (unpaired) electrons. The van der Waals surface area contributed by atoms with Crippen molar-refractivity contribution in [2.24, 2.45) is 5.73 Å². The van der Waals surface area contributed by atoms with Crippen LogP contribution < -0.4 is 5.73 Å². The highest BCUT2D eigenvalue weighted by Gasteiger charge is 2.35. The zero-order valence-electron chi connectivity index (χ0n) is 7.75. The first-order chi connectivity index (χ1) is 6.24. The number of thioether (sulfide) groups is 1. The maximum absolute atomic E-state index is 5.48. The predicted molar refractivity (Wildman–Crippen MR) is 53.7 cm³/mol. The Kier molecular flexibility index (Phi) is 2.34. The van der Waals surface area contributed by atoms with Gasteiger partial charge in [0.1, 0.15) is 6.26 Å². The monoisotopic (exact) mass is 198 g/mol. The quantitative estimate of drug-likeness (QED) is 0.783. The third-order valence-electron chi connectivity index (χ3n) is 2.50. The van der Waals surface area contributed by atoms with Crippen LogP contribution in [0.5, 0.6) is 0 Å². The summed E-state index contributed by atoms with van der Waals surface area (Å²) < 4.78 is 5.44. The number of aromatic nitrogens is 1. The van der Waals surface area contributed by atoms with Crippen LogP contribution in [-0.2, 0) is 12.0 Å². The van der Waals surface area contributed by atoms with Gasteiger partial charge in [-0.25, -0.2) is 4.98 Å². The molecule has 1 atom stereocenters. The molecule has 1 aliphatic heterocycles. The molecule has 1 aromatic heterocycles. The minimum absolute atomic E-state index is 0.137. The molecular formula is C9H14N2OS. The van der Waals surface area contributed by atoms with Gasteiger partial charge in [0.25, 0.3) is 0 Å². The van der Waals surface area contributed by atoms with E-state index in [0.717, 1.165) is 23.8 Å². The Balaban J connectivity index is 2.23. The fraction of sp³-hybridized carbons (Fsp3) is 0.667. The minimum atomic E-state index is 0.137. The molecular weight excluding hydrogens is 184 g/mol. The number of nitrogens with zero attached hydrogens (tertiary/aromatic N) is 1. The Morgan fingerprint density at radius 2 is 2.62 bits per heavy atom. The summed E-state index contributed by atoms with van der Waals surface area (Å²) in [5.41, 5.74) is 6.47. The molecule has 1 unspecified atom stereocenters. The van der Waals surface area contributed by atoms with Gasteiger partial charge < -0.3 is 10.2 Å². The van der Waals surface area contributed by atoms with E-state index < -0.39 is 0 Å². The standard InChI is InChI=1S/C9H14N2OS/c1-9(2-3-13-6-9)8-11-7(4-10)5-12-8/h5H,2-4,6,10H2,1H3. The van der Waals surface area contributed by atoms with Gasteiger partial charge in [0, 0.05) is 12.3 Å². The van der Waals surface area contributed by atoms with E-state index in [0.29, 0.717) is 6.54 Å². The maximum Gasteiger partial charge on any atom is 0.201 e. The van der Waals surface area contributed by atoms with Crippen molar-refractivity contribution in [2.75, 3.05) is 11.5 Å². The van der Waals surface area contributed by atoms with Crippen molar-refractivity contribution < 1.29 is 4.42 Å². The fourth-order valence-electron chi connectivity index (χ4n) is 1.51. The Bertz CT molecular complexity index is 292. The number of nitrogens with two attached hydrogens (primary N) is 1. The van der Waals surface area contributed by atoms with Crippen molar-refractivity contribution in [1.29, 1.82) is 0 Å². The molecule has 3 nitrogen and oxygen atoms in total. The molecule has 0 saturated carbocycles. The van der Waals surface area contributed by atoms with Gasteiger partial charge in [-0.15, -0.1) is 0 Å². The van der Waals surface area contributed by atoms with Gasteiger partial charge in [0.15, 0.2) is 0 Å². The lowest BCUT2D eigenvalue weighted by Gasteiger charge is -2.17. The summed E-state index contributed by atoms with van der Waals surface area (Å²) in [6.07, 6.45) is 2.83. The van der Waals surface area contributed by atoms with Crippen LogP contribution in [0, 0.1) is 0 Å². The predicted octanol–water partition coefficient (Wildman–Crippen LogP) is 1.53. The van der Waals surface area contributed by atoms with E-state index in [1.165, 1.54) is 5.75 Å². The second kappa shape index (κ2) is 3.35. The summed E-state index contributed by atoms with van der Waals surface area (Å²) in [7, 11) is 0. The van der Waals surface area contributed by atoms with Crippen LogP contribution in [-0.4, -0.2) is 16.5 Å². The van der Waals surface area contributed by atoms with Crippen molar-refractivity contribution in [3.63, 3.8) is 0 Å². The molecule has 2 N–H and O–H groups in total. The zero-order valence-corrected chi connectivity index (χ0v) is 8.56. The van der Waals surface area contributed by atoms with E-state index in [1.54, 1.807) is 6.26 Å². The van der Waals surface area contributed by atoms with E-state index in [9.17, 15) is 0 Å². The van der Waals surface area contributed by atoms with Gasteiger partial charge in [0.2, 0.25) is 5.89 Å². The van der Waals surface area contributed by atoms with Gasteiger partial charge in [-0.05, 0) is 12.2 Å². The van der Waals surface area contributed by atoms with Crippen molar-refractivity contribution in [3.05, 3.63) is 17.8 Å². The molecule has 1 fully saturated rings. The van der Waals surface area contributed by atoms with Gasteiger partial charge in [-0.2, -0.15) is 11.8 Å². The van der Waals surface area contributed by atoms with Crippen LogP contribution in [0.4, 0.5) is 0 Å². The van der Waals surface area contributed by atoms with Crippen LogP contribution in [0.2, 0.25) is 0 Å². The molecule has 4 heteroatoms. The first-order valence-corrected chi connectivity index (χ1v) is 5.63. The summed E-state index contributed by atoms with van der Waals surface area (Å²) in [6, 6.07) is 0. The van der Waals surface area contributed by atoms with Crippen LogP contribution in [0.25, 0.3) is 0 Å². The van der Waals surface area contributed by atoms with E-state index in [4.69, 9.17) is 10.2 Å². The Morgan fingerprint density at radius 1 is 1.77 bits per heavy atom. The molecule has 0 spiro atoms. The summed E-state index contributed by atoms with van der Waals surface area (Å²) in [5.74, 6) is 3.17. The third kappa shape index (κ3) is 1.60. The smallest absolute Gasteiger partial charge is 0.201 e. The molecule has 2 heterocycles. The number of hydrogen-bond acceptors (Lipinski definition) is 4. The average Bonchev–Trinajstić information content (AvgIpc) is 2.72. The lowest BCUT2D eigenvalue weighted by atomic mass is 9.90. The molecule has 0 aromatic carbocycles. The summed E-state index contributed by atoms with van der Waals surface area (Å²) >= 11 is 1.96. The second-order valence-corrected chi connectivity index (χ2v) is 4.82. The Hall–Kier alpha value is -0.480. The normalized spacial score (nSPS) is 28.2. The molecule has 0 amide bonds. The van der Waals surface area contributed by atoms with E-state index in [1.807, 2.05) is 11.8 Å². The van der Waals surface area contributed by atoms with Crippen molar-refractivity contribution in [1.82, 2.24) is 4.98 Å². The van der Waals surface area contributed by atoms with Crippen molar-refractivity contribution >= 4 is 11.8 Å². The summed E-state index contributed by atoms with van der Waals surface area (Å²) in [4.78, 5) is 4.38. The van der Waals surface area contributed by atoms with Gasteiger partial charge in [-0.3, -0.25) is 0 Å². The number of hydrogen-bond donors (Lipinski definition) is 1. The first kappa shape index (κ1) is 9.09. The molecule has 13 heavy (non-hydrogen) atoms. The molecule has 1 saturated heterocycles.